The molecule has 1 aromatic rings. The third kappa shape index (κ3) is 3.01. The van der Waals surface area contributed by atoms with Crippen LogP contribution < -0.4 is 4.90 Å². The summed E-state index contributed by atoms with van der Waals surface area (Å²) >= 11 is 0. The van der Waals surface area contributed by atoms with E-state index < -0.39 is 11.9 Å². The molecule has 1 fully saturated rings. The second-order valence-corrected chi connectivity index (χ2v) is 6.38. The Hall–Kier alpha value is -2.04. The van der Waals surface area contributed by atoms with Gasteiger partial charge in [-0.25, -0.2) is 0 Å². The average Bonchev–Trinajstić information content (AvgIpc) is 2.79. The zero-order valence-electron chi connectivity index (χ0n) is 12.8. The standard InChI is InChI=1S/C16H21NO4/c1-16(2,3)11-5-6-13(18)12(8-11)17-9-10(7-14(17)19)15(20)21-4/h5-6,8,10,18H,7,9H2,1-4H3. The Morgan fingerprint density at radius 3 is 2.62 bits per heavy atom. The highest BCUT2D eigenvalue weighted by molar-refractivity contribution is 6.00. The summed E-state index contributed by atoms with van der Waals surface area (Å²) < 4.78 is 4.69. The molecule has 0 spiro atoms. The Labute approximate surface area is 124 Å². The number of hydrogen-bond donors (Lipinski definition) is 1. The minimum Gasteiger partial charge on any atom is -0.506 e. The summed E-state index contributed by atoms with van der Waals surface area (Å²) in [6, 6.07) is 5.25. The maximum absolute atomic E-state index is 12.1. The molecule has 5 heteroatoms. The van der Waals surface area contributed by atoms with Crippen LogP contribution >= 0.6 is 0 Å². The third-order valence-corrected chi connectivity index (χ3v) is 3.79. The van der Waals surface area contributed by atoms with E-state index in [4.69, 9.17) is 4.74 Å². The van der Waals surface area contributed by atoms with Gasteiger partial charge in [-0.3, -0.25) is 9.59 Å². The Bertz CT molecular complexity index is 574. The minimum atomic E-state index is -0.472. The number of phenols is 1. The van der Waals surface area contributed by atoms with Crippen LogP contribution in [0.4, 0.5) is 5.69 Å². The van der Waals surface area contributed by atoms with E-state index in [9.17, 15) is 14.7 Å². The highest BCUT2D eigenvalue weighted by atomic mass is 16.5. The molecule has 1 saturated heterocycles. The predicted molar refractivity (Wildman–Crippen MR) is 79.3 cm³/mol. The van der Waals surface area contributed by atoms with Crippen molar-refractivity contribution < 1.29 is 19.4 Å². The van der Waals surface area contributed by atoms with Crippen molar-refractivity contribution in [1.29, 1.82) is 0 Å². The van der Waals surface area contributed by atoms with Gasteiger partial charge in [-0.1, -0.05) is 26.8 Å². The first-order valence-corrected chi connectivity index (χ1v) is 6.95. The van der Waals surface area contributed by atoms with Crippen molar-refractivity contribution in [2.45, 2.75) is 32.6 Å². The lowest BCUT2D eigenvalue weighted by Crippen LogP contribution is -2.26. The quantitative estimate of drug-likeness (QED) is 0.848. The van der Waals surface area contributed by atoms with Gasteiger partial charge in [0.05, 0.1) is 18.7 Å². The highest BCUT2D eigenvalue weighted by Crippen LogP contribution is 2.36. The van der Waals surface area contributed by atoms with Crippen LogP contribution in [0.2, 0.25) is 0 Å². The fourth-order valence-corrected chi connectivity index (χ4v) is 2.47. The molecule has 21 heavy (non-hydrogen) atoms. The molecule has 1 aliphatic heterocycles. The van der Waals surface area contributed by atoms with E-state index in [1.54, 1.807) is 6.07 Å². The van der Waals surface area contributed by atoms with Crippen molar-refractivity contribution in [3.05, 3.63) is 23.8 Å². The van der Waals surface area contributed by atoms with Gasteiger partial charge in [0.25, 0.3) is 0 Å². The number of carbonyl (C=O) groups excluding carboxylic acids is 2. The number of hydrogen-bond acceptors (Lipinski definition) is 4. The summed E-state index contributed by atoms with van der Waals surface area (Å²) in [6.45, 7) is 6.43. The van der Waals surface area contributed by atoms with Crippen molar-refractivity contribution in [2.75, 3.05) is 18.6 Å². The number of ether oxygens (including phenoxy) is 1. The second kappa shape index (κ2) is 5.39. The molecular weight excluding hydrogens is 270 g/mol. The van der Waals surface area contributed by atoms with Crippen LogP contribution in [0.15, 0.2) is 18.2 Å². The Kier molecular flexibility index (Phi) is 3.94. The van der Waals surface area contributed by atoms with Crippen molar-refractivity contribution in [3.63, 3.8) is 0 Å². The van der Waals surface area contributed by atoms with Gasteiger partial charge in [-0.05, 0) is 23.1 Å². The molecule has 2 rings (SSSR count). The van der Waals surface area contributed by atoms with Crippen LogP contribution in [0.3, 0.4) is 0 Å². The molecule has 0 bridgehead atoms. The first kappa shape index (κ1) is 15.4. The first-order valence-electron chi connectivity index (χ1n) is 6.95. The fraction of sp³-hybridized carbons (Fsp3) is 0.500. The molecule has 1 N–H and O–H groups in total. The van der Waals surface area contributed by atoms with Crippen molar-refractivity contribution in [2.24, 2.45) is 5.92 Å². The molecule has 1 amide bonds. The van der Waals surface area contributed by atoms with Crippen LogP contribution in [0.25, 0.3) is 0 Å². The molecule has 114 valence electrons. The first-order chi connectivity index (χ1) is 9.74. The summed E-state index contributed by atoms with van der Waals surface area (Å²) in [4.78, 5) is 25.2. The van der Waals surface area contributed by atoms with Crippen molar-refractivity contribution >= 4 is 17.6 Å². The van der Waals surface area contributed by atoms with Gasteiger partial charge in [0.15, 0.2) is 0 Å². The zero-order valence-corrected chi connectivity index (χ0v) is 12.8. The van der Waals surface area contributed by atoms with Crippen LogP contribution in [0.5, 0.6) is 5.75 Å². The van der Waals surface area contributed by atoms with E-state index in [0.29, 0.717) is 5.69 Å². The Balaban J connectivity index is 2.34. The summed E-state index contributed by atoms with van der Waals surface area (Å²) in [5.41, 5.74) is 1.39. The number of nitrogens with zero attached hydrogens (tertiary/aromatic N) is 1. The average molecular weight is 291 g/mol. The second-order valence-electron chi connectivity index (χ2n) is 6.38. The molecule has 0 saturated carbocycles. The molecule has 1 aromatic carbocycles. The van der Waals surface area contributed by atoms with Crippen LogP contribution in [-0.2, 0) is 19.7 Å². The topological polar surface area (TPSA) is 66.8 Å². The SMILES string of the molecule is COC(=O)C1CC(=O)N(c2cc(C(C)(C)C)ccc2O)C1. The van der Waals surface area contributed by atoms with E-state index in [-0.39, 0.29) is 30.0 Å². The van der Waals surface area contributed by atoms with Crippen molar-refractivity contribution in [1.82, 2.24) is 0 Å². The number of amides is 1. The lowest BCUT2D eigenvalue weighted by Gasteiger charge is -2.23. The molecule has 5 nitrogen and oxygen atoms in total. The van der Waals surface area contributed by atoms with E-state index in [1.807, 2.05) is 12.1 Å². The lowest BCUT2D eigenvalue weighted by atomic mass is 9.86. The third-order valence-electron chi connectivity index (χ3n) is 3.79. The number of rotatable bonds is 2. The van der Waals surface area contributed by atoms with Gasteiger partial charge in [-0.2, -0.15) is 0 Å². The number of esters is 1. The smallest absolute Gasteiger partial charge is 0.311 e. The van der Waals surface area contributed by atoms with E-state index in [1.165, 1.54) is 12.0 Å². The Morgan fingerprint density at radius 2 is 2.05 bits per heavy atom. The molecule has 1 heterocycles. The zero-order chi connectivity index (χ0) is 15.8. The van der Waals surface area contributed by atoms with Gasteiger partial charge in [0.1, 0.15) is 5.75 Å². The molecule has 1 aliphatic rings. The highest BCUT2D eigenvalue weighted by Gasteiger charge is 2.37. The summed E-state index contributed by atoms with van der Waals surface area (Å²) in [5, 5.41) is 10.1. The lowest BCUT2D eigenvalue weighted by molar-refractivity contribution is -0.145. The fourth-order valence-electron chi connectivity index (χ4n) is 2.47. The van der Waals surface area contributed by atoms with Crippen LogP contribution in [0.1, 0.15) is 32.8 Å². The van der Waals surface area contributed by atoms with Gasteiger partial charge in [0, 0.05) is 13.0 Å². The maximum atomic E-state index is 12.1. The van der Waals surface area contributed by atoms with Crippen molar-refractivity contribution in [3.8, 4) is 5.75 Å². The molecule has 0 aliphatic carbocycles. The molecule has 1 atom stereocenters. The predicted octanol–water partition coefficient (Wildman–Crippen LogP) is 2.22. The summed E-state index contributed by atoms with van der Waals surface area (Å²) in [7, 11) is 1.31. The molecular formula is C16H21NO4. The molecule has 0 aromatic heterocycles. The summed E-state index contributed by atoms with van der Waals surface area (Å²) in [6.07, 6.45) is 0.117. The maximum Gasteiger partial charge on any atom is 0.311 e. The monoisotopic (exact) mass is 291 g/mol. The minimum absolute atomic E-state index is 0.0434. The molecule has 0 radical (unpaired) electrons. The van der Waals surface area contributed by atoms with Crippen LogP contribution in [-0.4, -0.2) is 30.6 Å². The van der Waals surface area contributed by atoms with E-state index >= 15 is 0 Å². The van der Waals surface area contributed by atoms with Gasteiger partial charge in [-0.15, -0.1) is 0 Å². The van der Waals surface area contributed by atoms with Crippen LogP contribution in [0, 0.1) is 5.92 Å². The Morgan fingerprint density at radius 1 is 1.38 bits per heavy atom. The number of methoxy groups -OCH3 is 1. The number of phenolic OH excluding ortho intramolecular Hbond substituents is 1. The largest absolute Gasteiger partial charge is 0.506 e. The van der Waals surface area contributed by atoms with Gasteiger partial charge in [0.2, 0.25) is 5.91 Å². The summed E-state index contributed by atoms with van der Waals surface area (Å²) in [5.74, 6) is -0.994. The number of aromatic hydroxyl groups is 1. The van der Waals surface area contributed by atoms with Gasteiger partial charge < -0.3 is 14.7 Å². The number of benzene rings is 1. The van der Waals surface area contributed by atoms with E-state index in [2.05, 4.69) is 20.8 Å². The van der Waals surface area contributed by atoms with E-state index in [0.717, 1.165) is 5.56 Å². The molecule has 1 unspecified atom stereocenters. The number of anilines is 1. The normalized spacial score (nSPS) is 19.0. The number of carbonyl (C=O) groups is 2. The van der Waals surface area contributed by atoms with Gasteiger partial charge >= 0.3 is 5.97 Å².